The first-order chi connectivity index (χ1) is 9.31. The van der Waals surface area contributed by atoms with E-state index in [4.69, 9.17) is 0 Å². The number of thiophene rings is 1. The average molecular weight is 288 g/mol. The van der Waals surface area contributed by atoms with Gasteiger partial charge in [-0.3, -0.25) is 0 Å². The molecule has 3 rings (SSSR count). The third-order valence-electron chi connectivity index (χ3n) is 2.50. The molecule has 2 N–H and O–H groups in total. The zero-order valence-corrected chi connectivity index (χ0v) is 11.9. The van der Waals surface area contributed by atoms with Gasteiger partial charge in [0, 0.05) is 5.69 Å². The van der Waals surface area contributed by atoms with Crippen molar-refractivity contribution < 1.29 is 0 Å². The van der Waals surface area contributed by atoms with E-state index in [0.717, 1.165) is 10.8 Å². The van der Waals surface area contributed by atoms with E-state index >= 15 is 0 Å². The molecule has 0 atom stereocenters. The summed E-state index contributed by atoms with van der Waals surface area (Å²) >= 11 is 3.28. The van der Waals surface area contributed by atoms with Crippen molar-refractivity contribution in [3.8, 4) is 0 Å². The topological polar surface area (TPSA) is 53.6 Å². The number of aromatic amines is 1. The molecule has 2 heterocycles. The smallest absolute Gasteiger partial charge is 0.223 e. The van der Waals surface area contributed by atoms with Crippen LogP contribution < -0.4 is 5.32 Å². The summed E-state index contributed by atoms with van der Waals surface area (Å²) in [4.78, 5) is 4.41. The van der Waals surface area contributed by atoms with Crippen LogP contribution in [0.2, 0.25) is 0 Å². The molecule has 19 heavy (non-hydrogen) atoms. The van der Waals surface area contributed by atoms with Crippen molar-refractivity contribution in [1.82, 2.24) is 15.2 Å². The van der Waals surface area contributed by atoms with Gasteiger partial charge in [-0.15, -0.1) is 16.4 Å². The lowest BCUT2D eigenvalue weighted by atomic mass is 10.3. The number of H-pyrrole nitrogens is 1. The van der Waals surface area contributed by atoms with Gasteiger partial charge in [-0.2, -0.15) is 4.98 Å². The lowest BCUT2D eigenvalue weighted by molar-refractivity contribution is 0.974. The van der Waals surface area contributed by atoms with Crippen LogP contribution in [-0.2, 0) is 0 Å². The molecule has 0 unspecified atom stereocenters. The molecule has 6 heteroatoms. The van der Waals surface area contributed by atoms with Gasteiger partial charge in [0.25, 0.3) is 0 Å². The molecule has 0 saturated heterocycles. The number of aromatic nitrogens is 3. The van der Waals surface area contributed by atoms with E-state index in [1.165, 1.54) is 9.77 Å². The standard InChI is InChI=1S/C13H12N4S2/c1-9-7-8-18-11(9)19-13-15-12(16-17-13)14-10-5-3-2-4-6-10/h2-8H,1H3,(H2,14,15,16,17). The quantitative estimate of drug-likeness (QED) is 0.760. The third-order valence-corrected chi connectivity index (χ3v) is 4.72. The molecule has 0 saturated carbocycles. The van der Waals surface area contributed by atoms with Crippen molar-refractivity contribution >= 4 is 34.7 Å². The number of aryl methyl sites for hydroxylation is 1. The van der Waals surface area contributed by atoms with Crippen LogP contribution in [0.4, 0.5) is 11.6 Å². The summed E-state index contributed by atoms with van der Waals surface area (Å²) in [7, 11) is 0. The first-order valence-corrected chi connectivity index (χ1v) is 7.47. The molecule has 0 aliphatic rings. The number of para-hydroxylation sites is 1. The van der Waals surface area contributed by atoms with Crippen molar-refractivity contribution in [3.63, 3.8) is 0 Å². The fourth-order valence-electron chi connectivity index (χ4n) is 1.55. The zero-order valence-electron chi connectivity index (χ0n) is 10.3. The van der Waals surface area contributed by atoms with Gasteiger partial charge in [-0.25, -0.2) is 5.10 Å². The van der Waals surface area contributed by atoms with Crippen molar-refractivity contribution in [1.29, 1.82) is 0 Å². The molecule has 0 bridgehead atoms. The van der Waals surface area contributed by atoms with Crippen molar-refractivity contribution in [2.45, 2.75) is 16.3 Å². The highest BCUT2D eigenvalue weighted by Crippen LogP contribution is 2.32. The van der Waals surface area contributed by atoms with Gasteiger partial charge >= 0.3 is 0 Å². The van der Waals surface area contributed by atoms with Gasteiger partial charge in [0.05, 0.1) is 4.21 Å². The average Bonchev–Trinajstić information content (AvgIpc) is 3.02. The van der Waals surface area contributed by atoms with Crippen molar-refractivity contribution in [2.24, 2.45) is 0 Å². The Morgan fingerprint density at radius 1 is 1.21 bits per heavy atom. The Morgan fingerprint density at radius 2 is 2.05 bits per heavy atom. The summed E-state index contributed by atoms with van der Waals surface area (Å²) < 4.78 is 1.23. The third kappa shape index (κ3) is 2.97. The maximum Gasteiger partial charge on any atom is 0.223 e. The number of benzene rings is 1. The number of hydrogen-bond donors (Lipinski definition) is 2. The van der Waals surface area contributed by atoms with Gasteiger partial charge < -0.3 is 5.32 Å². The van der Waals surface area contributed by atoms with Crippen LogP contribution in [0, 0.1) is 6.92 Å². The zero-order chi connectivity index (χ0) is 13.1. The van der Waals surface area contributed by atoms with E-state index in [1.54, 1.807) is 23.1 Å². The normalized spacial score (nSPS) is 10.6. The molecule has 0 spiro atoms. The van der Waals surface area contributed by atoms with Crippen molar-refractivity contribution in [3.05, 3.63) is 47.3 Å². The van der Waals surface area contributed by atoms with Crippen LogP contribution in [-0.4, -0.2) is 15.2 Å². The second-order valence-corrected chi connectivity index (χ2v) is 6.10. The summed E-state index contributed by atoms with van der Waals surface area (Å²) in [6.45, 7) is 2.09. The second-order valence-electron chi connectivity index (χ2n) is 3.95. The van der Waals surface area contributed by atoms with Crippen LogP contribution >= 0.6 is 23.1 Å². The summed E-state index contributed by atoms with van der Waals surface area (Å²) in [5.74, 6) is 0.655. The van der Waals surface area contributed by atoms with Gasteiger partial charge in [0.1, 0.15) is 0 Å². The molecule has 96 valence electrons. The molecule has 0 radical (unpaired) electrons. The van der Waals surface area contributed by atoms with E-state index in [1.807, 2.05) is 30.3 Å². The molecule has 2 aromatic heterocycles. The van der Waals surface area contributed by atoms with Crippen molar-refractivity contribution in [2.75, 3.05) is 5.32 Å². The number of rotatable bonds is 4. The molecule has 3 aromatic rings. The highest BCUT2D eigenvalue weighted by atomic mass is 32.2. The fourth-order valence-corrected chi connectivity index (χ4v) is 3.41. The number of anilines is 2. The van der Waals surface area contributed by atoms with E-state index in [2.05, 4.69) is 38.9 Å². The lowest BCUT2D eigenvalue weighted by Crippen LogP contribution is -1.91. The molecular weight excluding hydrogens is 276 g/mol. The molecule has 0 aliphatic heterocycles. The highest BCUT2D eigenvalue weighted by molar-refractivity contribution is 8.01. The summed E-state index contributed by atoms with van der Waals surface area (Å²) in [5.41, 5.74) is 2.25. The minimum Gasteiger partial charge on any atom is -0.325 e. The molecular formula is C13H12N4S2. The first kappa shape index (κ1) is 12.3. The second kappa shape index (κ2) is 5.46. The minimum absolute atomic E-state index is 0.655. The van der Waals surface area contributed by atoms with Gasteiger partial charge in [-0.05, 0) is 47.8 Å². The Balaban J connectivity index is 1.72. The Kier molecular flexibility index (Phi) is 3.52. The predicted molar refractivity (Wildman–Crippen MR) is 79.3 cm³/mol. The van der Waals surface area contributed by atoms with E-state index in [-0.39, 0.29) is 0 Å². The fraction of sp³-hybridized carbons (Fsp3) is 0.0769. The molecule has 0 aliphatic carbocycles. The first-order valence-electron chi connectivity index (χ1n) is 5.78. The number of nitrogens with zero attached hydrogens (tertiary/aromatic N) is 2. The van der Waals surface area contributed by atoms with Crippen LogP contribution in [0.15, 0.2) is 51.1 Å². The van der Waals surface area contributed by atoms with Crippen LogP contribution in [0.25, 0.3) is 0 Å². The van der Waals surface area contributed by atoms with Crippen LogP contribution in [0.3, 0.4) is 0 Å². The Labute approximate surface area is 119 Å². The Hall–Kier alpha value is -1.79. The molecule has 0 fully saturated rings. The lowest BCUT2D eigenvalue weighted by Gasteiger charge is -1.99. The van der Waals surface area contributed by atoms with Gasteiger partial charge in [-0.1, -0.05) is 18.2 Å². The predicted octanol–water partition coefficient (Wildman–Crippen LogP) is 4.07. The van der Waals surface area contributed by atoms with E-state index in [9.17, 15) is 0 Å². The highest BCUT2D eigenvalue weighted by Gasteiger charge is 2.08. The maximum absolute atomic E-state index is 4.41. The Bertz CT molecular complexity index is 660. The van der Waals surface area contributed by atoms with Crippen LogP contribution in [0.1, 0.15) is 5.56 Å². The van der Waals surface area contributed by atoms with Gasteiger partial charge in [0.15, 0.2) is 0 Å². The summed E-state index contributed by atoms with van der Waals surface area (Å²) in [5, 5.41) is 13.1. The van der Waals surface area contributed by atoms with Crippen LogP contribution in [0.5, 0.6) is 0 Å². The molecule has 1 aromatic carbocycles. The number of nitrogens with one attached hydrogen (secondary N) is 2. The Morgan fingerprint density at radius 3 is 2.79 bits per heavy atom. The molecule has 4 nitrogen and oxygen atoms in total. The largest absolute Gasteiger partial charge is 0.325 e. The number of hydrogen-bond acceptors (Lipinski definition) is 5. The maximum atomic E-state index is 4.41. The SMILES string of the molecule is Cc1ccsc1Sc1n[nH]c(Nc2ccccc2)n1. The van der Waals surface area contributed by atoms with Gasteiger partial charge in [0.2, 0.25) is 11.1 Å². The van der Waals surface area contributed by atoms with E-state index < -0.39 is 0 Å². The monoisotopic (exact) mass is 288 g/mol. The molecule has 0 amide bonds. The van der Waals surface area contributed by atoms with E-state index in [0.29, 0.717) is 5.95 Å². The minimum atomic E-state index is 0.655. The summed E-state index contributed by atoms with van der Waals surface area (Å²) in [6.07, 6.45) is 0. The summed E-state index contributed by atoms with van der Waals surface area (Å²) in [6, 6.07) is 12.0.